The number of rotatable bonds is 5. The first kappa shape index (κ1) is 17.5. The molecular weight excluding hydrogens is 323 g/mol. The molecule has 1 N–H and O–H groups in total. The zero-order valence-electron chi connectivity index (χ0n) is 12.4. The van der Waals surface area contributed by atoms with Gasteiger partial charge in [-0.3, -0.25) is 4.79 Å². The Morgan fingerprint density at radius 2 is 1.50 bits per heavy atom. The van der Waals surface area contributed by atoms with Gasteiger partial charge in [0, 0.05) is 6.42 Å². The number of halogens is 3. The lowest BCUT2D eigenvalue weighted by atomic mass is 10.1. The van der Waals surface area contributed by atoms with E-state index in [-0.39, 0.29) is 12.2 Å². The molecule has 0 aliphatic rings. The van der Waals surface area contributed by atoms with Gasteiger partial charge in [0.1, 0.15) is 11.8 Å². The predicted molar refractivity (Wildman–Crippen MR) is 80.2 cm³/mol. The number of esters is 1. The molecule has 0 radical (unpaired) electrons. The molecule has 0 unspecified atom stereocenters. The molecule has 0 heterocycles. The van der Waals surface area contributed by atoms with Crippen LogP contribution in [-0.2, 0) is 16.0 Å². The van der Waals surface area contributed by atoms with E-state index in [2.05, 4.69) is 0 Å². The Balaban J connectivity index is 2.15. The monoisotopic (exact) mass is 337 g/mol. The highest BCUT2D eigenvalue weighted by Crippen LogP contribution is 2.16. The van der Waals surface area contributed by atoms with Crippen LogP contribution in [0.25, 0.3) is 0 Å². The summed E-state index contributed by atoms with van der Waals surface area (Å²) in [4.78, 5) is 23.4. The maximum absolute atomic E-state index is 12.5. The van der Waals surface area contributed by atoms with Gasteiger partial charge in [-0.1, -0.05) is 48.5 Å². The van der Waals surface area contributed by atoms with E-state index in [4.69, 9.17) is 4.74 Å². The molecule has 1 atom stereocenters. The molecule has 4 nitrogen and oxygen atoms in total. The molecule has 2 aromatic rings. The van der Waals surface area contributed by atoms with Crippen LogP contribution in [0.1, 0.15) is 5.56 Å². The summed E-state index contributed by atoms with van der Waals surface area (Å²) < 4.78 is 42.5. The van der Waals surface area contributed by atoms with Crippen molar-refractivity contribution in [1.29, 1.82) is 0 Å². The minimum absolute atomic E-state index is 0.117. The van der Waals surface area contributed by atoms with Gasteiger partial charge in [-0.05, 0) is 17.7 Å². The summed E-state index contributed by atoms with van der Waals surface area (Å²) in [5, 5.41) is 1.69. The number of carbonyl (C=O) groups excluding carboxylic acids is 2. The Morgan fingerprint density at radius 1 is 0.958 bits per heavy atom. The molecule has 126 valence electrons. The van der Waals surface area contributed by atoms with E-state index in [1.807, 2.05) is 0 Å². The van der Waals surface area contributed by atoms with E-state index < -0.39 is 24.1 Å². The quantitative estimate of drug-likeness (QED) is 0.674. The van der Waals surface area contributed by atoms with Gasteiger partial charge >= 0.3 is 18.1 Å². The lowest BCUT2D eigenvalue weighted by molar-refractivity contribution is -0.175. The minimum atomic E-state index is -5.08. The molecule has 1 amide bonds. The van der Waals surface area contributed by atoms with Gasteiger partial charge in [-0.25, -0.2) is 4.79 Å². The van der Waals surface area contributed by atoms with Crippen LogP contribution in [-0.4, -0.2) is 24.1 Å². The Morgan fingerprint density at radius 3 is 2.04 bits per heavy atom. The third-order valence-electron chi connectivity index (χ3n) is 3.09. The van der Waals surface area contributed by atoms with Crippen molar-refractivity contribution >= 4 is 11.9 Å². The third-order valence-corrected chi connectivity index (χ3v) is 3.09. The first-order chi connectivity index (χ1) is 11.4. The first-order valence-electron chi connectivity index (χ1n) is 7.04. The van der Waals surface area contributed by atoms with Crippen molar-refractivity contribution < 1.29 is 27.5 Å². The van der Waals surface area contributed by atoms with Crippen LogP contribution in [0.2, 0.25) is 0 Å². The number of nitrogens with one attached hydrogen (secondary N) is 1. The van der Waals surface area contributed by atoms with Gasteiger partial charge in [0.15, 0.2) is 0 Å². The van der Waals surface area contributed by atoms with E-state index >= 15 is 0 Å². The zero-order valence-corrected chi connectivity index (χ0v) is 12.4. The van der Waals surface area contributed by atoms with E-state index in [0.29, 0.717) is 5.56 Å². The second kappa shape index (κ2) is 7.63. The Hall–Kier alpha value is -2.83. The topological polar surface area (TPSA) is 55.4 Å². The van der Waals surface area contributed by atoms with E-state index in [1.54, 1.807) is 53.8 Å². The van der Waals surface area contributed by atoms with Gasteiger partial charge in [0.25, 0.3) is 0 Å². The zero-order chi connectivity index (χ0) is 17.6. The van der Waals surface area contributed by atoms with Crippen LogP contribution < -0.4 is 10.1 Å². The van der Waals surface area contributed by atoms with Crippen LogP contribution in [0.3, 0.4) is 0 Å². The summed E-state index contributed by atoms with van der Waals surface area (Å²) in [5.74, 6) is -2.97. The number of hydrogen-bond acceptors (Lipinski definition) is 3. The molecular formula is C17H14F3NO3. The van der Waals surface area contributed by atoms with Gasteiger partial charge in [0.05, 0.1) is 0 Å². The number of amides is 1. The molecule has 2 rings (SSSR count). The number of benzene rings is 2. The van der Waals surface area contributed by atoms with Gasteiger partial charge < -0.3 is 10.1 Å². The molecule has 7 heteroatoms. The number of alkyl halides is 3. The van der Waals surface area contributed by atoms with Crippen molar-refractivity contribution in [3.8, 4) is 5.75 Å². The van der Waals surface area contributed by atoms with Gasteiger partial charge in [-0.2, -0.15) is 13.2 Å². The number of hydrogen-bond donors (Lipinski definition) is 1. The van der Waals surface area contributed by atoms with E-state index in [0.717, 1.165) is 0 Å². The fourth-order valence-corrected chi connectivity index (χ4v) is 1.96. The molecule has 0 aliphatic heterocycles. The second-order valence-corrected chi connectivity index (χ2v) is 4.95. The average Bonchev–Trinajstić information content (AvgIpc) is 2.55. The Bertz CT molecular complexity index is 687. The van der Waals surface area contributed by atoms with Gasteiger partial charge in [0.2, 0.25) is 0 Å². The SMILES string of the molecule is O=C(Oc1ccccc1)[C@@H](Cc1ccccc1)NC(=O)C(F)(F)F. The van der Waals surface area contributed by atoms with Crippen LogP contribution in [0.4, 0.5) is 13.2 Å². The fraction of sp³-hybridized carbons (Fsp3) is 0.176. The highest BCUT2D eigenvalue weighted by molar-refractivity contribution is 5.88. The summed E-state index contributed by atoms with van der Waals surface area (Å²) in [6.45, 7) is 0. The number of ether oxygens (including phenoxy) is 1. The van der Waals surface area contributed by atoms with E-state index in [9.17, 15) is 22.8 Å². The molecule has 0 fully saturated rings. The van der Waals surface area contributed by atoms with E-state index in [1.165, 1.54) is 12.1 Å². The van der Waals surface area contributed by atoms with Crippen LogP contribution in [0.5, 0.6) is 5.75 Å². The molecule has 0 spiro atoms. The minimum Gasteiger partial charge on any atom is -0.425 e. The summed E-state index contributed by atoms with van der Waals surface area (Å²) in [7, 11) is 0. The molecule has 0 aliphatic carbocycles. The smallest absolute Gasteiger partial charge is 0.425 e. The van der Waals surface area contributed by atoms with Crippen molar-refractivity contribution in [1.82, 2.24) is 5.32 Å². The molecule has 0 saturated carbocycles. The van der Waals surface area contributed by atoms with Crippen molar-refractivity contribution in [2.75, 3.05) is 0 Å². The Kier molecular flexibility index (Phi) is 5.57. The average molecular weight is 337 g/mol. The standard InChI is InChI=1S/C17H14F3NO3/c18-17(19,20)16(23)21-14(11-12-7-3-1-4-8-12)15(22)24-13-9-5-2-6-10-13/h1-10,14H,11H2,(H,21,23)/t14-/m1/s1. The fourth-order valence-electron chi connectivity index (χ4n) is 1.96. The molecule has 2 aromatic carbocycles. The first-order valence-corrected chi connectivity index (χ1v) is 7.04. The van der Waals surface area contributed by atoms with Crippen LogP contribution in [0.15, 0.2) is 60.7 Å². The van der Waals surface area contributed by atoms with Crippen molar-refractivity contribution in [3.63, 3.8) is 0 Å². The highest BCUT2D eigenvalue weighted by Gasteiger charge is 2.41. The van der Waals surface area contributed by atoms with Crippen molar-refractivity contribution in [2.24, 2.45) is 0 Å². The lowest BCUT2D eigenvalue weighted by Crippen LogP contribution is -2.49. The molecule has 24 heavy (non-hydrogen) atoms. The predicted octanol–water partition coefficient (Wildman–Crippen LogP) is 2.88. The summed E-state index contributed by atoms with van der Waals surface area (Å²) >= 11 is 0. The Labute approximate surface area is 136 Å². The van der Waals surface area contributed by atoms with Crippen LogP contribution in [0, 0.1) is 0 Å². The van der Waals surface area contributed by atoms with Crippen molar-refractivity contribution in [2.45, 2.75) is 18.6 Å². The summed E-state index contributed by atoms with van der Waals surface area (Å²) in [5.41, 5.74) is 0.593. The van der Waals surface area contributed by atoms with Crippen LogP contribution >= 0.6 is 0 Å². The summed E-state index contributed by atoms with van der Waals surface area (Å²) in [6, 6.07) is 14.8. The van der Waals surface area contributed by atoms with Crippen molar-refractivity contribution in [3.05, 3.63) is 66.2 Å². The lowest BCUT2D eigenvalue weighted by Gasteiger charge is -2.18. The normalized spacial score (nSPS) is 12.3. The number of para-hydroxylation sites is 1. The molecule has 0 bridgehead atoms. The largest absolute Gasteiger partial charge is 0.471 e. The highest BCUT2D eigenvalue weighted by atomic mass is 19.4. The number of carbonyl (C=O) groups is 2. The molecule has 0 aromatic heterocycles. The molecule has 0 saturated heterocycles. The third kappa shape index (κ3) is 5.12. The maximum atomic E-state index is 12.5. The summed E-state index contributed by atoms with van der Waals surface area (Å²) in [6.07, 6.45) is -5.20. The second-order valence-electron chi connectivity index (χ2n) is 4.95. The van der Waals surface area contributed by atoms with Gasteiger partial charge in [-0.15, -0.1) is 0 Å². The maximum Gasteiger partial charge on any atom is 0.471 e.